The lowest BCUT2D eigenvalue weighted by molar-refractivity contribution is -0.116. The Morgan fingerprint density at radius 2 is 2.22 bits per heavy atom. The molecule has 4 nitrogen and oxygen atoms in total. The molecule has 0 N–H and O–H groups in total. The second-order valence-electron chi connectivity index (χ2n) is 6.33. The Labute approximate surface area is 141 Å². The van der Waals surface area contributed by atoms with Crippen LogP contribution >= 0.6 is 11.8 Å². The van der Waals surface area contributed by atoms with Gasteiger partial charge >= 0.3 is 0 Å². The van der Waals surface area contributed by atoms with Crippen molar-refractivity contribution in [2.75, 3.05) is 31.6 Å². The summed E-state index contributed by atoms with van der Waals surface area (Å²) in [5, 5.41) is 10.3. The van der Waals surface area contributed by atoms with Gasteiger partial charge in [0.25, 0.3) is 0 Å². The molecule has 1 aromatic rings. The highest BCUT2D eigenvalue weighted by atomic mass is 32.2. The maximum absolute atomic E-state index is 12.7. The number of rotatable bonds is 3. The number of likely N-dealkylation sites (tertiary alicyclic amines) is 1. The highest BCUT2D eigenvalue weighted by Gasteiger charge is 2.29. The molecule has 0 amide bonds. The first kappa shape index (κ1) is 16.1. The van der Waals surface area contributed by atoms with Crippen LogP contribution in [0.3, 0.4) is 0 Å². The number of para-hydroxylation sites is 1. The van der Waals surface area contributed by atoms with E-state index in [-0.39, 0.29) is 11.4 Å². The average molecular weight is 327 g/mol. The quantitative estimate of drug-likeness (QED) is 0.630. The highest BCUT2D eigenvalue weighted by molar-refractivity contribution is 8.03. The first-order chi connectivity index (χ1) is 11.1. The molecule has 1 aromatic carbocycles. The van der Waals surface area contributed by atoms with Crippen molar-refractivity contribution in [3.63, 3.8) is 0 Å². The zero-order chi connectivity index (χ0) is 16.4. The number of fused-ring (bicyclic) bond motifs is 1. The Bertz CT molecular complexity index is 692. The van der Waals surface area contributed by atoms with E-state index in [4.69, 9.17) is 0 Å². The van der Waals surface area contributed by atoms with E-state index in [2.05, 4.69) is 17.9 Å². The lowest BCUT2D eigenvalue weighted by atomic mass is 10.00. The maximum atomic E-state index is 12.7. The average Bonchev–Trinajstić information content (AvgIpc) is 2.86. The highest BCUT2D eigenvalue weighted by Crippen LogP contribution is 2.46. The third kappa shape index (κ3) is 3.29. The standard InChI is InChI=1S/C18H21N3OS/c1-13-6-5-9-21(11-13)12-16(22)14(10-19)18-20(2)15-7-3-4-8-17(15)23-18/h3-4,7-8,13H,5-6,9,11-12H2,1-2H3/b18-14-/t13-/m0/s1. The zero-order valence-corrected chi connectivity index (χ0v) is 14.4. The molecule has 23 heavy (non-hydrogen) atoms. The number of anilines is 1. The molecule has 3 rings (SSSR count). The summed E-state index contributed by atoms with van der Waals surface area (Å²) in [5.41, 5.74) is 1.34. The number of hydrogen-bond acceptors (Lipinski definition) is 5. The van der Waals surface area contributed by atoms with E-state index >= 15 is 0 Å². The Balaban J connectivity index is 1.80. The third-order valence-corrected chi connectivity index (χ3v) is 5.69. The Morgan fingerprint density at radius 3 is 2.91 bits per heavy atom. The number of ketones is 1. The van der Waals surface area contributed by atoms with Gasteiger partial charge in [0, 0.05) is 18.5 Å². The lowest BCUT2D eigenvalue weighted by Crippen LogP contribution is -2.38. The molecule has 0 aromatic heterocycles. The van der Waals surface area contributed by atoms with Gasteiger partial charge in [0.1, 0.15) is 16.7 Å². The fraction of sp³-hybridized carbons (Fsp3) is 0.444. The first-order valence-corrected chi connectivity index (χ1v) is 8.82. The molecular weight excluding hydrogens is 306 g/mol. The molecule has 0 bridgehead atoms. The van der Waals surface area contributed by atoms with Crippen LogP contribution in [0.15, 0.2) is 39.8 Å². The van der Waals surface area contributed by atoms with Crippen molar-refractivity contribution in [1.29, 1.82) is 5.26 Å². The summed E-state index contributed by atoms with van der Waals surface area (Å²) in [6.45, 7) is 4.47. The van der Waals surface area contributed by atoms with Crippen LogP contribution in [0.2, 0.25) is 0 Å². The number of thioether (sulfide) groups is 1. The van der Waals surface area contributed by atoms with E-state index < -0.39 is 0 Å². The molecule has 120 valence electrons. The van der Waals surface area contributed by atoms with Gasteiger partial charge in [0.15, 0.2) is 5.78 Å². The molecule has 0 aliphatic carbocycles. The summed E-state index contributed by atoms with van der Waals surface area (Å²) in [6, 6.07) is 10.1. The van der Waals surface area contributed by atoms with Gasteiger partial charge in [-0.2, -0.15) is 5.26 Å². The van der Waals surface area contributed by atoms with Gasteiger partial charge in [0.05, 0.1) is 12.2 Å². The van der Waals surface area contributed by atoms with Gasteiger partial charge in [-0.05, 0) is 37.4 Å². The van der Waals surface area contributed by atoms with Crippen LogP contribution in [0, 0.1) is 17.2 Å². The van der Waals surface area contributed by atoms with E-state index in [1.807, 2.05) is 36.2 Å². The van der Waals surface area contributed by atoms with E-state index in [0.29, 0.717) is 12.5 Å². The Hall–Kier alpha value is -1.77. The molecule has 2 aliphatic heterocycles. The molecule has 0 radical (unpaired) electrons. The van der Waals surface area contributed by atoms with Crippen molar-refractivity contribution in [3.05, 3.63) is 34.9 Å². The maximum Gasteiger partial charge on any atom is 0.190 e. The second kappa shape index (κ2) is 6.77. The number of benzene rings is 1. The Kier molecular flexibility index (Phi) is 4.74. The van der Waals surface area contributed by atoms with Crippen LogP contribution < -0.4 is 4.90 Å². The summed E-state index contributed by atoms with van der Waals surface area (Å²) in [7, 11) is 1.92. The molecular formula is C18H21N3OS. The second-order valence-corrected chi connectivity index (χ2v) is 7.36. The fourth-order valence-corrected chi connectivity index (χ4v) is 4.42. The molecule has 0 unspecified atom stereocenters. The van der Waals surface area contributed by atoms with Crippen molar-refractivity contribution >= 4 is 23.2 Å². The third-order valence-electron chi connectivity index (χ3n) is 4.45. The van der Waals surface area contributed by atoms with Crippen molar-refractivity contribution in [2.45, 2.75) is 24.7 Å². The van der Waals surface area contributed by atoms with Gasteiger partial charge in [-0.3, -0.25) is 9.69 Å². The molecule has 0 spiro atoms. The van der Waals surface area contributed by atoms with Gasteiger partial charge in [-0.1, -0.05) is 30.8 Å². The summed E-state index contributed by atoms with van der Waals surface area (Å²) in [5.74, 6) is 0.561. The smallest absolute Gasteiger partial charge is 0.190 e. The largest absolute Gasteiger partial charge is 0.337 e. The summed E-state index contributed by atoms with van der Waals surface area (Å²) >= 11 is 1.51. The minimum Gasteiger partial charge on any atom is -0.337 e. The number of carbonyl (C=O) groups is 1. The van der Waals surface area contributed by atoms with Crippen LogP contribution in [0.5, 0.6) is 0 Å². The number of nitrogens with zero attached hydrogens (tertiary/aromatic N) is 3. The van der Waals surface area contributed by atoms with E-state index in [0.717, 1.165) is 35.1 Å². The normalized spacial score (nSPS) is 23.3. The molecule has 2 heterocycles. The predicted molar refractivity (Wildman–Crippen MR) is 93.2 cm³/mol. The summed E-state index contributed by atoms with van der Waals surface area (Å²) in [4.78, 5) is 17.9. The molecule has 1 atom stereocenters. The monoisotopic (exact) mass is 327 g/mol. The van der Waals surface area contributed by atoms with E-state index in [9.17, 15) is 10.1 Å². The molecule has 0 saturated carbocycles. The van der Waals surface area contributed by atoms with E-state index in [1.54, 1.807) is 0 Å². The van der Waals surface area contributed by atoms with Crippen molar-refractivity contribution in [1.82, 2.24) is 4.90 Å². The molecule has 2 aliphatic rings. The van der Waals surface area contributed by atoms with Crippen molar-refractivity contribution in [3.8, 4) is 6.07 Å². The number of Topliss-reactive ketones (excluding diaryl/α,β-unsaturated/α-hetero) is 1. The van der Waals surface area contributed by atoms with Gasteiger partial charge in [-0.25, -0.2) is 0 Å². The minimum absolute atomic E-state index is 0.0660. The SMILES string of the molecule is C[C@H]1CCCN(CC(=O)/C(C#N)=C2\Sc3ccccc3N2C)C1. The van der Waals surface area contributed by atoms with Gasteiger partial charge in [-0.15, -0.1) is 0 Å². The van der Waals surface area contributed by atoms with Crippen LogP contribution in [0.1, 0.15) is 19.8 Å². The van der Waals surface area contributed by atoms with Crippen molar-refractivity contribution in [2.24, 2.45) is 5.92 Å². The Morgan fingerprint density at radius 1 is 1.43 bits per heavy atom. The molecule has 1 fully saturated rings. The minimum atomic E-state index is -0.0660. The number of hydrogen-bond donors (Lipinski definition) is 0. The fourth-order valence-electron chi connectivity index (χ4n) is 3.26. The number of nitriles is 1. The zero-order valence-electron chi connectivity index (χ0n) is 13.6. The predicted octanol–water partition coefficient (Wildman–Crippen LogP) is 3.26. The topological polar surface area (TPSA) is 47.3 Å². The van der Waals surface area contributed by atoms with Crippen LogP contribution in [-0.2, 0) is 4.79 Å². The summed E-state index contributed by atoms with van der Waals surface area (Å²) < 4.78 is 0. The summed E-state index contributed by atoms with van der Waals surface area (Å²) in [6.07, 6.45) is 2.36. The molecule has 1 saturated heterocycles. The van der Waals surface area contributed by atoms with Crippen molar-refractivity contribution < 1.29 is 4.79 Å². The molecule has 5 heteroatoms. The van der Waals surface area contributed by atoms with Gasteiger partial charge in [0.2, 0.25) is 0 Å². The number of piperidine rings is 1. The van der Waals surface area contributed by atoms with Crippen LogP contribution in [0.25, 0.3) is 0 Å². The first-order valence-electron chi connectivity index (χ1n) is 8.00. The number of carbonyl (C=O) groups excluding carboxylic acids is 1. The lowest BCUT2D eigenvalue weighted by Gasteiger charge is -2.30. The van der Waals surface area contributed by atoms with E-state index in [1.165, 1.54) is 18.2 Å². The van der Waals surface area contributed by atoms with Gasteiger partial charge < -0.3 is 4.90 Å². The van der Waals surface area contributed by atoms with Crippen LogP contribution in [0.4, 0.5) is 5.69 Å². The van der Waals surface area contributed by atoms with Crippen LogP contribution in [-0.4, -0.2) is 37.4 Å².